The highest BCUT2D eigenvalue weighted by Crippen LogP contribution is 2.25. The number of rotatable bonds is 5. The van der Waals surface area contributed by atoms with Crippen LogP contribution in [0.2, 0.25) is 0 Å². The maximum atomic E-state index is 13.1. The molecule has 3 aliphatic rings. The van der Waals surface area contributed by atoms with Gasteiger partial charge in [-0.3, -0.25) is 14.9 Å². The average Bonchev–Trinajstić information content (AvgIpc) is 3.51. The molecule has 3 aromatic rings. The van der Waals surface area contributed by atoms with Crippen molar-refractivity contribution in [3.05, 3.63) is 59.5 Å². The molecule has 0 radical (unpaired) electrons. The summed E-state index contributed by atoms with van der Waals surface area (Å²) in [5.74, 6) is 0.0870. The van der Waals surface area contributed by atoms with E-state index in [1.165, 1.54) is 19.3 Å². The number of H-pyrrole nitrogens is 1. The largest absolute Gasteiger partial charge is 0.369 e. The van der Waals surface area contributed by atoms with Crippen molar-refractivity contribution in [2.24, 2.45) is 4.99 Å². The monoisotopic (exact) mass is 526 g/mol. The van der Waals surface area contributed by atoms with Crippen molar-refractivity contribution in [1.29, 1.82) is 0 Å². The van der Waals surface area contributed by atoms with Crippen LogP contribution in [0.4, 0.5) is 11.4 Å². The van der Waals surface area contributed by atoms with E-state index in [4.69, 9.17) is 0 Å². The van der Waals surface area contributed by atoms with Crippen LogP contribution in [-0.2, 0) is 4.79 Å². The number of hydrogen-bond donors (Lipinski definition) is 4. The molecule has 202 valence electrons. The summed E-state index contributed by atoms with van der Waals surface area (Å²) in [6, 6.07) is 9.95. The van der Waals surface area contributed by atoms with Gasteiger partial charge in [-0.2, -0.15) is 0 Å². The molecule has 0 spiro atoms. The number of aromatic nitrogens is 2. The SMILES string of the molecule is CN1CCN(c2cccc(C(=O)Nc3cnc4[nH]cc(C=C5N=C(NC6CCCCC6)NC5=O)c4c3)c2)CC1. The number of piperazine rings is 1. The molecule has 1 aromatic carbocycles. The highest BCUT2D eigenvalue weighted by atomic mass is 16.2. The van der Waals surface area contributed by atoms with E-state index in [1.807, 2.05) is 30.3 Å². The average molecular weight is 527 g/mol. The molecular weight excluding hydrogens is 492 g/mol. The van der Waals surface area contributed by atoms with Gasteiger partial charge in [0.25, 0.3) is 11.8 Å². The van der Waals surface area contributed by atoms with Gasteiger partial charge in [-0.05, 0) is 50.2 Å². The fourth-order valence-corrected chi connectivity index (χ4v) is 5.45. The van der Waals surface area contributed by atoms with Crippen molar-refractivity contribution >= 4 is 46.3 Å². The Morgan fingerprint density at radius 2 is 1.92 bits per heavy atom. The lowest BCUT2D eigenvalue weighted by Crippen LogP contribution is -2.44. The molecule has 2 amide bonds. The van der Waals surface area contributed by atoms with Crippen LogP contribution >= 0.6 is 0 Å². The molecule has 1 aliphatic carbocycles. The Balaban J connectivity index is 1.18. The van der Waals surface area contributed by atoms with Gasteiger partial charge >= 0.3 is 0 Å². The highest BCUT2D eigenvalue weighted by Gasteiger charge is 2.24. The van der Waals surface area contributed by atoms with Crippen molar-refractivity contribution in [1.82, 2.24) is 25.5 Å². The van der Waals surface area contributed by atoms with Crippen molar-refractivity contribution < 1.29 is 9.59 Å². The molecule has 2 aliphatic heterocycles. The van der Waals surface area contributed by atoms with Crippen molar-refractivity contribution in [3.63, 3.8) is 0 Å². The molecule has 2 aromatic heterocycles. The number of benzene rings is 1. The predicted molar refractivity (Wildman–Crippen MR) is 154 cm³/mol. The van der Waals surface area contributed by atoms with Gasteiger partial charge in [0.1, 0.15) is 11.3 Å². The Bertz CT molecular complexity index is 1440. The number of guanidine groups is 1. The third-order valence-corrected chi connectivity index (χ3v) is 7.73. The van der Waals surface area contributed by atoms with E-state index in [0.717, 1.165) is 55.7 Å². The van der Waals surface area contributed by atoms with Crippen LogP contribution in [0.1, 0.15) is 48.0 Å². The number of nitrogens with zero attached hydrogens (tertiary/aromatic N) is 4. The molecular formula is C29H34N8O2. The van der Waals surface area contributed by atoms with E-state index in [-0.39, 0.29) is 11.8 Å². The van der Waals surface area contributed by atoms with Gasteiger partial charge in [-0.15, -0.1) is 0 Å². The molecule has 0 atom stereocenters. The fraction of sp³-hybridized carbons (Fsp3) is 0.379. The Hall–Kier alpha value is -4.18. The van der Waals surface area contributed by atoms with Gasteiger partial charge in [0, 0.05) is 60.6 Å². The zero-order valence-corrected chi connectivity index (χ0v) is 22.2. The number of anilines is 2. The molecule has 0 bridgehead atoms. The van der Waals surface area contributed by atoms with Gasteiger partial charge in [0.2, 0.25) is 5.96 Å². The highest BCUT2D eigenvalue weighted by molar-refractivity contribution is 6.14. The van der Waals surface area contributed by atoms with Crippen molar-refractivity contribution in [2.75, 3.05) is 43.4 Å². The van der Waals surface area contributed by atoms with Crippen LogP contribution < -0.4 is 20.9 Å². The number of carbonyl (C=O) groups excluding carboxylic acids is 2. The smallest absolute Gasteiger partial charge is 0.276 e. The van der Waals surface area contributed by atoms with E-state index >= 15 is 0 Å². The summed E-state index contributed by atoms with van der Waals surface area (Å²) in [4.78, 5) is 42.4. The molecule has 1 saturated carbocycles. The van der Waals surface area contributed by atoms with Gasteiger partial charge < -0.3 is 25.4 Å². The normalized spacial score (nSPS) is 19.8. The lowest BCUT2D eigenvalue weighted by molar-refractivity contribution is -0.115. The second kappa shape index (κ2) is 10.9. The fourth-order valence-electron chi connectivity index (χ4n) is 5.45. The van der Waals surface area contributed by atoms with Crippen LogP contribution in [0.25, 0.3) is 17.1 Å². The Morgan fingerprint density at radius 3 is 2.74 bits per heavy atom. The minimum absolute atomic E-state index is 0.194. The first-order valence-electron chi connectivity index (χ1n) is 13.7. The molecule has 6 rings (SSSR count). The van der Waals surface area contributed by atoms with Crippen LogP contribution in [0, 0.1) is 0 Å². The van der Waals surface area contributed by atoms with Crippen molar-refractivity contribution in [2.45, 2.75) is 38.1 Å². The zero-order valence-electron chi connectivity index (χ0n) is 22.2. The molecule has 0 unspecified atom stereocenters. The maximum absolute atomic E-state index is 13.1. The van der Waals surface area contributed by atoms with Gasteiger partial charge in [-0.25, -0.2) is 9.98 Å². The third kappa shape index (κ3) is 5.65. The molecule has 4 heterocycles. The number of pyridine rings is 1. The maximum Gasteiger partial charge on any atom is 0.276 e. The van der Waals surface area contributed by atoms with E-state index in [0.29, 0.717) is 34.6 Å². The Morgan fingerprint density at radius 1 is 1.10 bits per heavy atom. The number of amides is 2. The van der Waals surface area contributed by atoms with Crippen LogP contribution in [0.3, 0.4) is 0 Å². The first-order valence-corrected chi connectivity index (χ1v) is 13.7. The van der Waals surface area contributed by atoms with Crippen LogP contribution in [0.5, 0.6) is 0 Å². The first kappa shape index (κ1) is 25.1. The molecule has 10 heteroatoms. The number of fused-ring (bicyclic) bond motifs is 1. The molecule has 4 N–H and O–H groups in total. The van der Waals surface area contributed by atoms with E-state index in [9.17, 15) is 9.59 Å². The predicted octanol–water partition coefficient (Wildman–Crippen LogP) is 3.32. The van der Waals surface area contributed by atoms with Crippen molar-refractivity contribution in [3.8, 4) is 0 Å². The summed E-state index contributed by atoms with van der Waals surface area (Å²) in [5, 5.41) is 9.99. The van der Waals surface area contributed by atoms with Crippen LogP contribution in [0.15, 0.2) is 53.4 Å². The third-order valence-electron chi connectivity index (χ3n) is 7.73. The first-order chi connectivity index (χ1) is 19.0. The van der Waals surface area contributed by atoms with E-state index in [1.54, 1.807) is 18.5 Å². The van der Waals surface area contributed by atoms with Gasteiger partial charge in [0.05, 0.1) is 11.9 Å². The Labute approximate surface area is 227 Å². The number of likely N-dealkylation sites (N-methyl/N-ethyl adjacent to an activating group) is 1. The standard InChI is InChI=1S/C29H34N8O2/c1-36-10-12-37(13-11-36)23-9-5-6-19(14-23)27(38)32-22-16-24-20(17-30-26(24)31-18-22)15-25-28(39)35-29(34-25)33-21-7-3-2-4-8-21/h5-6,9,14-18,21H,2-4,7-8,10-13H2,1H3,(H,30,31)(H,32,38)(H2,33,34,35,39). The lowest BCUT2D eigenvalue weighted by Gasteiger charge is -2.34. The molecule has 39 heavy (non-hydrogen) atoms. The minimum atomic E-state index is -0.236. The van der Waals surface area contributed by atoms with Gasteiger partial charge in [0.15, 0.2) is 0 Å². The number of nitrogens with one attached hydrogen (secondary N) is 4. The second-order valence-corrected chi connectivity index (χ2v) is 10.6. The zero-order chi connectivity index (χ0) is 26.8. The summed E-state index contributed by atoms with van der Waals surface area (Å²) in [5.41, 5.74) is 4.01. The summed E-state index contributed by atoms with van der Waals surface area (Å²) >= 11 is 0. The summed E-state index contributed by atoms with van der Waals surface area (Å²) < 4.78 is 0. The van der Waals surface area contributed by atoms with E-state index < -0.39 is 0 Å². The van der Waals surface area contributed by atoms with Gasteiger partial charge in [-0.1, -0.05) is 25.3 Å². The second-order valence-electron chi connectivity index (χ2n) is 10.6. The molecule has 2 fully saturated rings. The molecule has 1 saturated heterocycles. The Kier molecular flexibility index (Phi) is 7.02. The number of aromatic amines is 1. The topological polar surface area (TPSA) is 118 Å². The molecule has 10 nitrogen and oxygen atoms in total. The van der Waals surface area contributed by atoms with Crippen LogP contribution in [-0.4, -0.2) is 71.9 Å². The quantitative estimate of drug-likeness (QED) is 0.379. The number of carbonyl (C=O) groups is 2. The summed E-state index contributed by atoms with van der Waals surface area (Å²) in [6.07, 6.45) is 11.0. The summed E-state index contributed by atoms with van der Waals surface area (Å²) in [6.45, 7) is 3.88. The number of hydrogen-bond acceptors (Lipinski definition) is 7. The minimum Gasteiger partial charge on any atom is -0.369 e. The summed E-state index contributed by atoms with van der Waals surface area (Å²) in [7, 11) is 2.13. The van der Waals surface area contributed by atoms with E-state index in [2.05, 4.69) is 47.8 Å². The number of aliphatic imine (C=N–C) groups is 1. The lowest BCUT2D eigenvalue weighted by atomic mass is 9.96.